The topological polar surface area (TPSA) is 98.1 Å². The summed E-state index contributed by atoms with van der Waals surface area (Å²) in [5.74, 6) is 0.467. The molecule has 23 heavy (non-hydrogen) atoms. The van der Waals surface area contributed by atoms with Crippen molar-refractivity contribution in [3.63, 3.8) is 0 Å². The van der Waals surface area contributed by atoms with Crippen LogP contribution in [0.25, 0.3) is 11.0 Å². The van der Waals surface area contributed by atoms with Crippen molar-refractivity contribution in [1.29, 1.82) is 0 Å². The Kier molecular flexibility index (Phi) is 3.06. The number of nitrogens with zero attached hydrogens (tertiary/aromatic N) is 1. The Labute approximate surface area is 135 Å². The van der Waals surface area contributed by atoms with E-state index in [-0.39, 0.29) is 22.4 Å². The number of aromatic amines is 2. The summed E-state index contributed by atoms with van der Waals surface area (Å²) < 4.78 is 0. The fraction of sp³-hybridized carbons (Fsp3) is 0.400. The Balaban J connectivity index is 1.57. The van der Waals surface area contributed by atoms with Gasteiger partial charge in [0, 0.05) is 17.9 Å². The molecule has 2 aliphatic rings. The zero-order valence-electron chi connectivity index (χ0n) is 12.5. The third kappa shape index (κ3) is 2.24. The molecule has 120 valence electrons. The summed E-state index contributed by atoms with van der Waals surface area (Å²) in [4.78, 5) is 42.8. The van der Waals surface area contributed by atoms with E-state index in [9.17, 15) is 14.4 Å². The van der Waals surface area contributed by atoms with Crippen LogP contribution in [-0.4, -0.2) is 43.3 Å². The van der Waals surface area contributed by atoms with Gasteiger partial charge < -0.3 is 20.2 Å². The number of nitrogens with one attached hydrogen (secondary N) is 3. The number of hydrogen-bond acceptors (Lipinski definition) is 4. The molecule has 2 saturated heterocycles. The lowest BCUT2D eigenvalue weighted by Gasteiger charge is -2.29. The minimum Gasteiger partial charge on any atom is -0.324 e. The van der Waals surface area contributed by atoms with Crippen molar-refractivity contribution in [3.05, 3.63) is 28.7 Å². The van der Waals surface area contributed by atoms with Crippen molar-refractivity contribution in [2.75, 3.05) is 11.1 Å². The fourth-order valence-corrected chi connectivity index (χ4v) is 4.78. The lowest BCUT2D eigenvalue weighted by atomic mass is 10.2. The van der Waals surface area contributed by atoms with E-state index in [1.807, 2.05) is 6.92 Å². The number of fused-ring (bicyclic) bond motifs is 2. The molecule has 1 aromatic heterocycles. The Hall–Kier alpha value is -2.22. The quantitative estimate of drug-likeness (QED) is 0.771. The van der Waals surface area contributed by atoms with Gasteiger partial charge in [-0.2, -0.15) is 0 Å². The number of imidazole rings is 1. The van der Waals surface area contributed by atoms with Crippen molar-refractivity contribution in [1.82, 2.24) is 14.9 Å². The maximum absolute atomic E-state index is 12.6. The van der Waals surface area contributed by atoms with E-state index in [1.165, 1.54) is 0 Å². The lowest BCUT2D eigenvalue weighted by Crippen LogP contribution is -2.48. The Bertz CT molecular complexity index is 873. The molecule has 2 amide bonds. The molecule has 2 atom stereocenters. The SMILES string of the molecule is C[C@@]12CCC(=O)N1[C@@H](C(=O)Nc1ccc3[nH]c(=O)[nH]c3c1)CS2. The molecule has 4 rings (SSSR count). The molecule has 0 radical (unpaired) electrons. The molecule has 3 N–H and O–H groups in total. The van der Waals surface area contributed by atoms with Gasteiger partial charge >= 0.3 is 5.69 Å². The van der Waals surface area contributed by atoms with Crippen molar-refractivity contribution < 1.29 is 9.59 Å². The molecule has 0 aliphatic carbocycles. The number of carbonyl (C=O) groups is 2. The fourth-order valence-electron chi connectivity index (χ4n) is 3.35. The largest absolute Gasteiger partial charge is 0.324 e. The van der Waals surface area contributed by atoms with Gasteiger partial charge in [-0.1, -0.05) is 0 Å². The van der Waals surface area contributed by atoms with E-state index in [0.29, 0.717) is 28.9 Å². The predicted octanol–water partition coefficient (Wildman–Crippen LogP) is 1.25. The number of anilines is 1. The summed E-state index contributed by atoms with van der Waals surface area (Å²) in [5.41, 5.74) is 1.64. The molecule has 0 saturated carbocycles. The molecule has 0 bridgehead atoms. The van der Waals surface area contributed by atoms with Crippen molar-refractivity contribution in [2.45, 2.75) is 30.7 Å². The van der Waals surface area contributed by atoms with E-state index >= 15 is 0 Å². The van der Waals surface area contributed by atoms with Gasteiger partial charge in [-0.15, -0.1) is 11.8 Å². The molecule has 2 fully saturated rings. The number of H-pyrrole nitrogens is 2. The van der Waals surface area contributed by atoms with E-state index in [0.717, 1.165) is 6.42 Å². The molecule has 2 aromatic rings. The summed E-state index contributed by atoms with van der Waals surface area (Å²) in [6.07, 6.45) is 1.29. The second kappa shape index (κ2) is 4.89. The molecule has 0 unspecified atom stereocenters. The highest BCUT2D eigenvalue weighted by Crippen LogP contribution is 2.47. The number of hydrogen-bond donors (Lipinski definition) is 3. The van der Waals surface area contributed by atoms with Crippen LogP contribution in [0.15, 0.2) is 23.0 Å². The first kappa shape index (κ1) is 14.4. The highest BCUT2D eigenvalue weighted by atomic mass is 32.2. The number of rotatable bonds is 2. The van der Waals surface area contributed by atoms with Crippen LogP contribution in [0.3, 0.4) is 0 Å². The zero-order valence-corrected chi connectivity index (χ0v) is 13.3. The van der Waals surface area contributed by atoms with Crippen LogP contribution in [0.4, 0.5) is 5.69 Å². The molecule has 8 heteroatoms. The summed E-state index contributed by atoms with van der Waals surface area (Å²) in [5, 5.41) is 2.85. The number of amides is 2. The van der Waals surface area contributed by atoms with Crippen LogP contribution < -0.4 is 11.0 Å². The van der Waals surface area contributed by atoms with E-state index in [4.69, 9.17) is 0 Å². The smallest absolute Gasteiger partial charge is 0.323 e. The first-order chi connectivity index (χ1) is 11.0. The number of aromatic nitrogens is 2. The summed E-state index contributed by atoms with van der Waals surface area (Å²) in [6, 6.07) is 4.73. The van der Waals surface area contributed by atoms with Crippen molar-refractivity contribution >= 4 is 40.3 Å². The van der Waals surface area contributed by atoms with Crippen LogP contribution in [0.1, 0.15) is 19.8 Å². The summed E-state index contributed by atoms with van der Waals surface area (Å²) in [6.45, 7) is 2.02. The van der Waals surface area contributed by atoms with E-state index in [2.05, 4.69) is 15.3 Å². The molecule has 7 nitrogen and oxygen atoms in total. The Morgan fingerprint density at radius 1 is 1.35 bits per heavy atom. The molecule has 1 aromatic carbocycles. The molecular weight excluding hydrogens is 316 g/mol. The third-order valence-corrected chi connectivity index (χ3v) is 6.04. The van der Waals surface area contributed by atoms with Gasteiger partial charge in [0.25, 0.3) is 0 Å². The maximum atomic E-state index is 12.6. The highest BCUT2D eigenvalue weighted by molar-refractivity contribution is 8.01. The van der Waals surface area contributed by atoms with Crippen LogP contribution in [-0.2, 0) is 9.59 Å². The van der Waals surface area contributed by atoms with Gasteiger partial charge in [-0.25, -0.2) is 4.79 Å². The maximum Gasteiger partial charge on any atom is 0.323 e. The Morgan fingerprint density at radius 2 is 2.13 bits per heavy atom. The highest BCUT2D eigenvalue weighted by Gasteiger charge is 2.52. The van der Waals surface area contributed by atoms with Crippen LogP contribution >= 0.6 is 11.8 Å². The van der Waals surface area contributed by atoms with Gasteiger partial charge in [0.1, 0.15) is 6.04 Å². The van der Waals surface area contributed by atoms with Crippen LogP contribution in [0.2, 0.25) is 0 Å². The Morgan fingerprint density at radius 3 is 2.96 bits per heavy atom. The second-order valence-corrected chi connectivity index (χ2v) is 7.60. The molecular formula is C15H16N4O3S. The lowest BCUT2D eigenvalue weighted by molar-refractivity contribution is -0.135. The van der Waals surface area contributed by atoms with E-state index < -0.39 is 6.04 Å². The standard InChI is InChI=1S/C15H16N4O3S/c1-15-5-4-12(20)19(15)11(7-23-15)13(21)16-8-2-3-9-10(6-8)18-14(22)17-9/h2-3,6,11H,4-5,7H2,1H3,(H,16,21)(H2,17,18,22)/t11-,15-/m1/s1. The van der Waals surface area contributed by atoms with Gasteiger partial charge in [-0.05, 0) is 31.5 Å². The summed E-state index contributed by atoms with van der Waals surface area (Å²) >= 11 is 1.66. The number of thioether (sulfide) groups is 1. The first-order valence-electron chi connectivity index (χ1n) is 7.45. The van der Waals surface area contributed by atoms with Gasteiger partial charge in [0.15, 0.2) is 0 Å². The van der Waals surface area contributed by atoms with Crippen LogP contribution in [0, 0.1) is 0 Å². The molecule has 3 heterocycles. The van der Waals surface area contributed by atoms with Crippen LogP contribution in [0.5, 0.6) is 0 Å². The number of carbonyl (C=O) groups excluding carboxylic acids is 2. The van der Waals surface area contributed by atoms with Crippen molar-refractivity contribution in [2.24, 2.45) is 0 Å². The minimum absolute atomic E-state index is 0.0445. The summed E-state index contributed by atoms with van der Waals surface area (Å²) in [7, 11) is 0. The predicted molar refractivity (Wildman–Crippen MR) is 88.3 cm³/mol. The third-order valence-electron chi connectivity index (χ3n) is 4.53. The average Bonchev–Trinajstić information content (AvgIpc) is 3.12. The normalized spacial score (nSPS) is 26.7. The van der Waals surface area contributed by atoms with E-state index in [1.54, 1.807) is 34.9 Å². The second-order valence-electron chi connectivity index (χ2n) is 6.09. The first-order valence-corrected chi connectivity index (χ1v) is 8.44. The van der Waals surface area contributed by atoms with Gasteiger partial charge in [0.2, 0.25) is 11.8 Å². The van der Waals surface area contributed by atoms with Gasteiger partial charge in [0.05, 0.1) is 15.9 Å². The average molecular weight is 332 g/mol. The molecule has 0 spiro atoms. The minimum atomic E-state index is -0.444. The van der Waals surface area contributed by atoms with Crippen molar-refractivity contribution in [3.8, 4) is 0 Å². The number of benzene rings is 1. The monoisotopic (exact) mass is 332 g/mol. The van der Waals surface area contributed by atoms with Gasteiger partial charge in [-0.3, -0.25) is 9.59 Å². The molecule has 2 aliphatic heterocycles. The zero-order chi connectivity index (χ0) is 16.2.